The third-order valence-electron chi connectivity index (χ3n) is 3.35. The van der Waals surface area contributed by atoms with Crippen LogP contribution in [0.2, 0.25) is 0 Å². The fourth-order valence-corrected chi connectivity index (χ4v) is 3.77. The zero-order valence-electron chi connectivity index (χ0n) is 12.3. The Morgan fingerprint density at radius 1 is 1.08 bits per heavy atom. The van der Waals surface area contributed by atoms with Gasteiger partial charge in [0.05, 0.1) is 15.5 Å². The van der Waals surface area contributed by atoms with Gasteiger partial charge in [-0.3, -0.25) is 4.79 Å². The van der Waals surface area contributed by atoms with Gasteiger partial charge in [0.15, 0.2) is 9.84 Å². The Morgan fingerprint density at radius 3 is 2.50 bits per heavy atom. The normalized spacial score (nSPS) is 11.6. The van der Waals surface area contributed by atoms with Gasteiger partial charge >= 0.3 is 0 Å². The van der Waals surface area contributed by atoms with Crippen molar-refractivity contribution in [3.05, 3.63) is 59.0 Å². The summed E-state index contributed by atoms with van der Waals surface area (Å²) < 4.78 is 51.2. The third kappa shape index (κ3) is 3.15. The van der Waals surface area contributed by atoms with Gasteiger partial charge in [0.25, 0.3) is 5.91 Å². The van der Waals surface area contributed by atoms with Crippen LogP contribution in [0.25, 0.3) is 10.1 Å². The molecule has 0 bridgehead atoms. The summed E-state index contributed by atoms with van der Waals surface area (Å²) >= 11 is 1.06. The smallest absolute Gasteiger partial charge is 0.265 e. The number of nitrogens with one attached hydrogen (secondary N) is 1. The zero-order valence-corrected chi connectivity index (χ0v) is 14.0. The second kappa shape index (κ2) is 5.95. The Bertz CT molecular complexity index is 1060. The number of halogens is 2. The van der Waals surface area contributed by atoms with E-state index in [2.05, 4.69) is 5.32 Å². The van der Waals surface area contributed by atoms with Crippen LogP contribution >= 0.6 is 11.3 Å². The van der Waals surface area contributed by atoms with Gasteiger partial charge in [-0.15, -0.1) is 11.3 Å². The lowest BCUT2D eigenvalue weighted by Crippen LogP contribution is -2.12. The molecule has 4 nitrogen and oxygen atoms in total. The van der Waals surface area contributed by atoms with Crippen molar-refractivity contribution in [3.63, 3.8) is 0 Å². The molecule has 124 valence electrons. The van der Waals surface area contributed by atoms with E-state index in [1.54, 1.807) is 6.07 Å². The van der Waals surface area contributed by atoms with Crippen LogP contribution in [0, 0.1) is 11.6 Å². The molecular formula is C16H11F2NO3S2. The predicted octanol–water partition coefficient (Wildman–Crippen LogP) is 3.84. The van der Waals surface area contributed by atoms with Gasteiger partial charge in [-0.25, -0.2) is 17.2 Å². The third-order valence-corrected chi connectivity index (χ3v) is 5.56. The van der Waals surface area contributed by atoms with Crippen molar-refractivity contribution < 1.29 is 22.0 Å². The average Bonchev–Trinajstić information content (AvgIpc) is 2.94. The van der Waals surface area contributed by atoms with E-state index in [9.17, 15) is 22.0 Å². The monoisotopic (exact) mass is 367 g/mol. The van der Waals surface area contributed by atoms with Crippen LogP contribution < -0.4 is 5.32 Å². The fourth-order valence-electron chi connectivity index (χ4n) is 2.15. The summed E-state index contributed by atoms with van der Waals surface area (Å²) in [5, 5.41) is 2.63. The minimum Gasteiger partial charge on any atom is -0.319 e. The van der Waals surface area contributed by atoms with Crippen molar-refractivity contribution in [1.29, 1.82) is 0 Å². The second-order valence-corrected chi connectivity index (χ2v) is 8.23. The highest BCUT2D eigenvalue weighted by atomic mass is 32.2. The maximum atomic E-state index is 13.8. The van der Waals surface area contributed by atoms with Gasteiger partial charge in [0.2, 0.25) is 0 Å². The molecule has 0 saturated carbocycles. The highest BCUT2D eigenvalue weighted by molar-refractivity contribution is 7.90. The number of hydrogen-bond acceptors (Lipinski definition) is 4. The Morgan fingerprint density at radius 2 is 1.83 bits per heavy atom. The summed E-state index contributed by atoms with van der Waals surface area (Å²) in [6.07, 6.45) is 0.987. The Kier molecular flexibility index (Phi) is 4.10. The number of fused-ring (bicyclic) bond motifs is 1. The molecule has 0 aliphatic carbocycles. The number of anilines is 1. The topological polar surface area (TPSA) is 63.2 Å². The highest BCUT2D eigenvalue weighted by Crippen LogP contribution is 2.29. The van der Waals surface area contributed by atoms with Crippen LogP contribution in [0.5, 0.6) is 0 Å². The summed E-state index contributed by atoms with van der Waals surface area (Å²) in [6, 6.07) is 9.01. The van der Waals surface area contributed by atoms with Gasteiger partial charge in [-0.2, -0.15) is 0 Å². The van der Waals surface area contributed by atoms with Crippen LogP contribution in [0.3, 0.4) is 0 Å². The molecule has 1 aromatic heterocycles. The van der Waals surface area contributed by atoms with E-state index in [4.69, 9.17) is 0 Å². The van der Waals surface area contributed by atoms with E-state index in [0.29, 0.717) is 10.1 Å². The summed E-state index contributed by atoms with van der Waals surface area (Å²) in [6.45, 7) is 0. The molecule has 1 heterocycles. The number of thiophene rings is 1. The maximum absolute atomic E-state index is 13.8. The first kappa shape index (κ1) is 16.5. The number of amides is 1. The molecule has 8 heteroatoms. The fraction of sp³-hybridized carbons (Fsp3) is 0.0625. The van der Waals surface area contributed by atoms with Crippen molar-refractivity contribution in [2.45, 2.75) is 4.90 Å². The van der Waals surface area contributed by atoms with E-state index >= 15 is 0 Å². The first-order chi connectivity index (χ1) is 11.3. The first-order valence-corrected chi connectivity index (χ1v) is 9.45. The summed E-state index contributed by atoms with van der Waals surface area (Å²) in [4.78, 5) is 12.4. The van der Waals surface area contributed by atoms with E-state index in [0.717, 1.165) is 35.8 Å². The van der Waals surface area contributed by atoms with E-state index in [-0.39, 0.29) is 15.5 Å². The molecule has 0 radical (unpaired) electrons. The van der Waals surface area contributed by atoms with Crippen molar-refractivity contribution in [3.8, 4) is 0 Å². The minimum atomic E-state index is -3.53. The van der Waals surface area contributed by atoms with Crippen LogP contribution in [-0.4, -0.2) is 20.6 Å². The first-order valence-electron chi connectivity index (χ1n) is 6.75. The molecule has 0 aliphatic heterocycles. The van der Waals surface area contributed by atoms with Crippen LogP contribution in [0.1, 0.15) is 9.67 Å². The number of carbonyl (C=O) groups is 1. The SMILES string of the molecule is CS(=O)(=O)c1ccc(F)c(NC(=O)c2cc3c(F)cccc3s2)c1. The lowest BCUT2D eigenvalue weighted by Gasteiger charge is -2.07. The molecular weight excluding hydrogens is 356 g/mol. The Balaban J connectivity index is 1.95. The van der Waals surface area contributed by atoms with Gasteiger partial charge in [0, 0.05) is 16.3 Å². The largest absolute Gasteiger partial charge is 0.319 e. The van der Waals surface area contributed by atoms with Crippen molar-refractivity contribution >= 4 is 42.9 Å². The standard InChI is InChI=1S/C16H11F2NO3S2/c1-24(21,22)9-5-6-12(18)13(7-9)19-16(20)15-8-10-11(17)3-2-4-14(10)23-15/h2-8H,1H3,(H,19,20). The lowest BCUT2D eigenvalue weighted by atomic mass is 10.2. The molecule has 2 aromatic carbocycles. The summed E-state index contributed by atoms with van der Waals surface area (Å²) in [5.74, 6) is -1.85. The Labute approximate surface area is 140 Å². The van der Waals surface area contributed by atoms with Gasteiger partial charge in [-0.1, -0.05) is 6.07 Å². The van der Waals surface area contributed by atoms with Crippen LogP contribution in [0.4, 0.5) is 14.5 Å². The number of sulfone groups is 1. The molecule has 0 saturated heterocycles. The summed E-state index contributed by atoms with van der Waals surface area (Å²) in [5.41, 5.74) is -0.249. The van der Waals surface area contributed by atoms with Crippen molar-refractivity contribution in [2.75, 3.05) is 11.6 Å². The molecule has 0 aliphatic rings. The van der Waals surface area contributed by atoms with Crippen LogP contribution in [-0.2, 0) is 9.84 Å². The molecule has 0 unspecified atom stereocenters. The molecule has 0 spiro atoms. The predicted molar refractivity (Wildman–Crippen MR) is 89.2 cm³/mol. The average molecular weight is 367 g/mol. The molecule has 3 rings (SSSR count). The minimum absolute atomic E-state index is 0.110. The van der Waals surface area contributed by atoms with Crippen molar-refractivity contribution in [2.24, 2.45) is 0 Å². The lowest BCUT2D eigenvalue weighted by molar-refractivity contribution is 0.103. The van der Waals surface area contributed by atoms with Crippen molar-refractivity contribution in [1.82, 2.24) is 0 Å². The van der Waals surface area contributed by atoms with Gasteiger partial charge in [-0.05, 0) is 36.4 Å². The second-order valence-electron chi connectivity index (χ2n) is 5.13. The van der Waals surface area contributed by atoms with Gasteiger partial charge in [0.1, 0.15) is 11.6 Å². The molecule has 1 N–H and O–H groups in total. The number of carbonyl (C=O) groups excluding carboxylic acids is 1. The molecule has 24 heavy (non-hydrogen) atoms. The highest BCUT2D eigenvalue weighted by Gasteiger charge is 2.16. The van der Waals surface area contributed by atoms with E-state index < -0.39 is 27.4 Å². The summed E-state index contributed by atoms with van der Waals surface area (Å²) in [7, 11) is -3.53. The number of hydrogen-bond donors (Lipinski definition) is 1. The molecule has 1 amide bonds. The van der Waals surface area contributed by atoms with E-state index in [1.165, 1.54) is 18.2 Å². The van der Waals surface area contributed by atoms with Crippen LogP contribution in [0.15, 0.2) is 47.4 Å². The number of rotatable bonds is 3. The van der Waals surface area contributed by atoms with Gasteiger partial charge < -0.3 is 5.32 Å². The molecule has 3 aromatic rings. The zero-order chi connectivity index (χ0) is 17.5. The van der Waals surface area contributed by atoms with E-state index in [1.807, 2.05) is 0 Å². The quantitative estimate of drug-likeness (QED) is 0.716. The Hall–Kier alpha value is -2.32. The number of benzene rings is 2. The molecule has 0 atom stereocenters. The molecule has 0 fully saturated rings. The maximum Gasteiger partial charge on any atom is 0.265 e.